The molecule has 6 nitrogen and oxygen atoms in total. The first-order chi connectivity index (χ1) is 13.9. The van der Waals surface area contributed by atoms with Gasteiger partial charge < -0.3 is 10.1 Å². The van der Waals surface area contributed by atoms with Crippen molar-refractivity contribution in [1.29, 1.82) is 0 Å². The highest BCUT2D eigenvalue weighted by Gasteiger charge is 2.37. The number of alkyl halides is 2. The summed E-state index contributed by atoms with van der Waals surface area (Å²) in [5.74, 6) is -0.490. The Bertz CT molecular complexity index is 939. The number of hydrogen-bond acceptors (Lipinski definition) is 4. The molecule has 156 valence electrons. The van der Waals surface area contributed by atoms with Crippen LogP contribution >= 0.6 is 0 Å². The number of halogens is 2. The second-order valence-electron chi connectivity index (χ2n) is 6.64. The highest BCUT2D eigenvalue weighted by atomic mass is 32.2. The molecule has 0 aromatic heterocycles. The molecule has 3 rings (SSSR count). The fourth-order valence-electron chi connectivity index (χ4n) is 3.34. The van der Waals surface area contributed by atoms with Crippen molar-refractivity contribution in [3.05, 3.63) is 60.2 Å². The lowest BCUT2D eigenvalue weighted by molar-refractivity contribution is -0.125. The second kappa shape index (κ2) is 9.32. The number of sulfonamides is 1. The topological polar surface area (TPSA) is 75.7 Å². The van der Waals surface area contributed by atoms with Gasteiger partial charge in [0.2, 0.25) is 15.9 Å². The van der Waals surface area contributed by atoms with Crippen molar-refractivity contribution < 1.29 is 26.7 Å². The van der Waals surface area contributed by atoms with Crippen molar-refractivity contribution in [2.75, 3.05) is 6.54 Å². The Morgan fingerprint density at radius 1 is 1.10 bits per heavy atom. The number of benzene rings is 2. The minimum atomic E-state index is -3.81. The summed E-state index contributed by atoms with van der Waals surface area (Å²) in [7, 11) is -3.81. The Kier molecular flexibility index (Phi) is 6.81. The first-order valence-electron chi connectivity index (χ1n) is 9.27. The number of rotatable bonds is 7. The monoisotopic (exact) mass is 424 g/mol. The standard InChI is InChI=1S/C20H22F2N2O4S/c21-20(22)28-18-12-5-4-8-15(18)14-23-19(25)17-11-6-7-13-24(17)29(26,27)16-9-2-1-3-10-16/h1-5,8-10,12,17,20H,6-7,11,13-14H2,(H,23,25). The van der Waals surface area contributed by atoms with Crippen molar-refractivity contribution in [2.45, 2.75) is 43.4 Å². The summed E-state index contributed by atoms with van der Waals surface area (Å²) in [5.41, 5.74) is 0.384. The van der Waals surface area contributed by atoms with Crippen molar-refractivity contribution in [3.8, 4) is 5.75 Å². The summed E-state index contributed by atoms with van der Waals surface area (Å²) >= 11 is 0. The number of ether oxygens (including phenoxy) is 1. The molecule has 2 aromatic carbocycles. The molecule has 0 saturated carbocycles. The maximum atomic E-state index is 13.0. The molecule has 0 radical (unpaired) electrons. The normalized spacial score (nSPS) is 17.8. The molecule has 0 bridgehead atoms. The number of para-hydroxylation sites is 1. The van der Waals surface area contributed by atoms with Gasteiger partial charge in [-0.3, -0.25) is 4.79 Å². The number of carbonyl (C=O) groups excluding carboxylic acids is 1. The minimum absolute atomic E-state index is 0.0276. The molecule has 0 spiro atoms. The fourth-order valence-corrected chi connectivity index (χ4v) is 5.02. The van der Waals surface area contributed by atoms with Gasteiger partial charge in [-0.1, -0.05) is 42.8 Å². The van der Waals surface area contributed by atoms with Crippen LogP contribution in [-0.2, 0) is 21.4 Å². The molecule has 9 heteroatoms. The summed E-state index contributed by atoms with van der Waals surface area (Å²) in [6, 6.07) is 13.3. The summed E-state index contributed by atoms with van der Waals surface area (Å²) in [5, 5.41) is 2.67. The average molecular weight is 424 g/mol. The highest BCUT2D eigenvalue weighted by molar-refractivity contribution is 7.89. The summed E-state index contributed by atoms with van der Waals surface area (Å²) in [6.45, 7) is -2.77. The molecule has 1 saturated heterocycles. The molecule has 1 amide bonds. The van der Waals surface area contributed by atoms with Gasteiger partial charge >= 0.3 is 6.61 Å². The van der Waals surface area contributed by atoms with Gasteiger partial charge in [0.15, 0.2) is 0 Å². The first-order valence-corrected chi connectivity index (χ1v) is 10.7. The number of amides is 1. The molecular weight excluding hydrogens is 402 g/mol. The van der Waals surface area contributed by atoms with Gasteiger partial charge in [0.25, 0.3) is 0 Å². The van der Waals surface area contributed by atoms with Gasteiger partial charge in [0.05, 0.1) is 4.90 Å². The molecule has 1 atom stereocenters. The Morgan fingerprint density at radius 3 is 2.52 bits per heavy atom. The molecule has 1 unspecified atom stereocenters. The zero-order valence-electron chi connectivity index (χ0n) is 15.6. The van der Waals surface area contributed by atoms with E-state index in [-0.39, 0.29) is 23.7 Å². The highest BCUT2D eigenvalue weighted by Crippen LogP contribution is 2.26. The van der Waals surface area contributed by atoms with Crippen molar-refractivity contribution in [2.24, 2.45) is 0 Å². The van der Waals surface area contributed by atoms with Gasteiger partial charge in [-0.15, -0.1) is 0 Å². The maximum Gasteiger partial charge on any atom is 0.387 e. The summed E-state index contributed by atoms with van der Waals surface area (Å²) in [4.78, 5) is 12.9. The van der Waals surface area contributed by atoms with E-state index < -0.39 is 28.6 Å². The number of hydrogen-bond donors (Lipinski definition) is 1. The average Bonchev–Trinajstić information content (AvgIpc) is 2.73. The van der Waals surface area contributed by atoms with Crippen LogP contribution in [0, 0.1) is 0 Å². The van der Waals surface area contributed by atoms with Crippen LogP contribution in [0.15, 0.2) is 59.5 Å². The molecule has 1 N–H and O–H groups in total. The number of piperidine rings is 1. The molecule has 1 aliphatic rings. The van der Waals surface area contributed by atoms with E-state index in [1.807, 2.05) is 0 Å². The molecule has 2 aromatic rings. The lowest BCUT2D eigenvalue weighted by Gasteiger charge is -2.33. The molecule has 29 heavy (non-hydrogen) atoms. The lowest BCUT2D eigenvalue weighted by atomic mass is 10.0. The second-order valence-corrected chi connectivity index (χ2v) is 8.53. The maximum absolute atomic E-state index is 13.0. The summed E-state index contributed by atoms with van der Waals surface area (Å²) in [6.07, 6.45) is 1.79. The molecule has 1 aliphatic heterocycles. The molecule has 1 fully saturated rings. The quantitative estimate of drug-likeness (QED) is 0.741. The van der Waals surface area contributed by atoms with E-state index in [0.29, 0.717) is 18.4 Å². The van der Waals surface area contributed by atoms with Crippen LogP contribution in [0.4, 0.5) is 8.78 Å². The van der Waals surface area contributed by atoms with E-state index in [1.165, 1.54) is 22.5 Å². The largest absolute Gasteiger partial charge is 0.434 e. The summed E-state index contributed by atoms with van der Waals surface area (Å²) < 4.78 is 56.8. The van der Waals surface area contributed by atoms with Gasteiger partial charge in [0.1, 0.15) is 11.8 Å². The zero-order chi connectivity index (χ0) is 20.9. The van der Waals surface area contributed by atoms with Crippen LogP contribution < -0.4 is 10.1 Å². The first kappa shape index (κ1) is 21.2. The van der Waals surface area contributed by atoms with Gasteiger partial charge in [-0.25, -0.2) is 8.42 Å². The molecular formula is C20H22F2N2O4S. The van der Waals surface area contributed by atoms with Crippen LogP contribution in [0.2, 0.25) is 0 Å². The number of nitrogens with zero attached hydrogens (tertiary/aromatic N) is 1. The van der Waals surface area contributed by atoms with Crippen LogP contribution in [0.3, 0.4) is 0 Å². The van der Waals surface area contributed by atoms with Gasteiger partial charge in [0, 0.05) is 18.7 Å². The van der Waals surface area contributed by atoms with Crippen LogP contribution in [0.25, 0.3) is 0 Å². The van der Waals surface area contributed by atoms with Gasteiger partial charge in [-0.05, 0) is 31.0 Å². The smallest absolute Gasteiger partial charge is 0.387 e. The Hall–Kier alpha value is -2.52. The van der Waals surface area contributed by atoms with Crippen LogP contribution in [-0.4, -0.2) is 37.8 Å². The third-order valence-corrected chi connectivity index (χ3v) is 6.67. The predicted molar refractivity (Wildman–Crippen MR) is 103 cm³/mol. The third-order valence-electron chi connectivity index (χ3n) is 4.75. The molecule has 0 aliphatic carbocycles. The van der Waals surface area contributed by atoms with Crippen molar-refractivity contribution >= 4 is 15.9 Å². The third kappa shape index (κ3) is 5.10. The van der Waals surface area contributed by atoms with Gasteiger partial charge in [-0.2, -0.15) is 13.1 Å². The fraction of sp³-hybridized carbons (Fsp3) is 0.350. The van der Waals surface area contributed by atoms with Crippen LogP contribution in [0.5, 0.6) is 5.75 Å². The predicted octanol–water partition coefficient (Wildman–Crippen LogP) is 3.15. The number of nitrogens with one attached hydrogen (secondary N) is 1. The van der Waals surface area contributed by atoms with E-state index in [1.54, 1.807) is 36.4 Å². The zero-order valence-corrected chi connectivity index (χ0v) is 16.4. The van der Waals surface area contributed by atoms with E-state index in [0.717, 1.165) is 6.42 Å². The Labute approximate surface area is 168 Å². The minimum Gasteiger partial charge on any atom is -0.434 e. The van der Waals surface area contributed by atoms with E-state index in [2.05, 4.69) is 10.1 Å². The SMILES string of the molecule is O=C(NCc1ccccc1OC(F)F)C1CCCCN1S(=O)(=O)c1ccccc1. The van der Waals surface area contributed by atoms with Crippen molar-refractivity contribution in [3.63, 3.8) is 0 Å². The van der Waals surface area contributed by atoms with Crippen molar-refractivity contribution in [1.82, 2.24) is 9.62 Å². The van der Waals surface area contributed by atoms with Crippen LogP contribution in [0.1, 0.15) is 24.8 Å². The van der Waals surface area contributed by atoms with E-state index >= 15 is 0 Å². The van der Waals surface area contributed by atoms with E-state index in [9.17, 15) is 22.0 Å². The molecule has 1 heterocycles. The Morgan fingerprint density at radius 2 is 1.79 bits per heavy atom. The Balaban J connectivity index is 1.74. The lowest BCUT2D eigenvalue weighted by Crippen LogP contribution is -2.51. The van der Waals surface area contributed by atoms with E-state index in [4.69, 9.17) is 0 Å². The number of carbonyl (C=O) groups is 1.